The Labute approximate surface area is 67.8 Å². The summed E-state index contributed by atoms with van der Waals surface area (Å²) >= 11 is 0. The Bertz CT molecular complexity index is 139. The Morgan fingerprint density at radius 2 is 1.91 bits per heavy atom. The summed E-state index contributed by atoms with van der Waals surface area (Å²) in [4.78, 5) is 13.1. The summed E-state index contributed by atoms with van der Waals surface area (Å²) in [7, 11) is 3.63. The van der Waals surface area contributed by atoms with E-state index in [1.807, 2.05) is 14.1 Å². The molecule has 3 nitrogen and oxygen atoms in total. The highest BCUT2D eigenvalue weighted by atomic mass is 16.2. The maximum atomic E-state index is 11.4. The number of rotatable bonds is 1. The van der Waals surface area contributed by atoms with Gasteiger partial charge >= 0.3 is 0 Å². The fraction of sp³-hybridized carbons (Fsp3) is 0.875. The minimum Gasteiger partial charge on any atom is -0.349 e. The number of carbonyl (C=O) groups excluding carboxylic acids is 1. The van der Waals surface area contributed by atoms with Crippen LogP contribution < -0.4 is 5.32 Å². The van der Waals surface area contributed by atoms with Gasteiger partial charge in [-0.1, -0.05) is 0 Å². The van der Waals surface area contributed by atoms with Crippen LogP contribution in [0.4, 0.5) is 0 Å². The Morgan fingerprint density at radius 1 is 1.36 bits per heavy atom. The molecule has 0 aliphatic carbocycles. The molecule has 0 aromatic rings. The fourth-order valence-electron chi connectivity index (χ4n) is 1.36. The van der Waals surface area contributed by atoms with Crippen LogP contribution in [0.1, 0.15) is 12.8 Å². The van der Waals surface area contributed by atoms with Gasteiger partial charge in [0.25, 0.3) is 0 Å². The van der Waals surface area contributed by atoms with Gasteiger partial charge in [-0.05, 0) is 12.8 Å². The average molecular weight is 155 g/mol. The van der Waals surface area contributed by atoms with E-state index >= 15 is 0 Å². The summed E-state index contributed by atoms with van der Waals surface area (Å²) in [5.74, 6) is 0.502. The van der Waals surface area contributed by atoms with Crippen LogP contribution in [0.25, 0.3) is 0 Å². The first-order chi connectivity index (χ1) is 5.22. The van der Waals surface area contributed by atoms with Gasteiger partial charge in [0.05, 0.1) is 0 Å². The Kier molecular flexibility index (Phi) is 2.88. The highest BCUT2D eigenvalue weighted by Crippen LogP contribution is 2.13. The van der Waals surface area contributed by atoms with Crippen LogP contribution in [0.3, 0.4) is 0 Å². The Balaban J connectivity index is 2.39. The summed E-state index contributed by atoms with van der Waals surface area (Å²) < 4.78 is 0. The van der Waals surface area contributed by atoms with Crippen molar-refractivity contribution in [2.75, 3.05) is 27.2 Å². The van der Waals surface area contributed by atoms with E-state index in [0.29, 0.717) is 0 Å². The van der Waals surface area contributed by atoms with E-state index in [1.54, 1.807) is 4.90 Å². The van der Waals surface area contributed by atoms with Crippen LogP contribution in [-0.2, 0) is 4.79 Å². The number of amides is 1. The van der Waals surface area contributed by atoms with E-state index in [2.05, 4.69) is 5.32 Å². The molecule has 0 aromatic carbocycles. The number of hydrogen-bond donors (Lipinski definition) is 0. The molecule has 0 bridgehead atoms. The van der Waals surface area contributed by atoms with Gasteiger partial charge in [-0.15, -0.1) is 0 Å². The molecule has 0 aromatic heterocycles. The summed E-state index contributed by atoms with van der Waals surface area (Å²) in [5, 5.41) is 4.20. The van der Waals surface area contributed by atoms with Crippen LogP contribution in [0.5, 0.6) is 0 Å². The van der Waals surface area contributed by atoms with Crippen molar-refractivity contribution in [3.05, 3.63) is 0 Å². The monoisotopic (exact) mass is 155 g/mol. The summed E-state index contributed by atoms with van der Waals surface area (Å²) in [6.45, 7) is 1.73. The third-order valence-electron chi connectivity index (χ3n) is 2.06. The number of hydrogen-bond acceptors (Lipinski definition) is 1. The van der Waals surface area contributed by atoms with Crippen molar-refractivity contribution in [2.45, 2.75) is 12.8 Å². The lowest BCUT2D eigenvalue weighted by molar-refractivity contribution is -0.133. The lowest BCUT2D eigenvalue weighted by Gasteiger charge is -2.23. The van der Waals surface area contributed by atoms with Gasteiger partial charge in [0, 0.05) is 33.1 Å². The van der Waals surface area contributed by atoms with Crippen molar-refractivity contribution >= 4 is 5.91 Å². The molecule has 1 aliphatic heterocycles. The molecule has 11 heavy (non-hydrogen) atoms. The highest BCUT2D eigenvalue weighted by molar-refractivity contribution is 5.78. The summed E-state index contributed by atoms with van der Waals surface area (Å²) in [6.07, 6.45) is 1.88. The van der Waals surface area contributed by atoms with Crippen LogP contribution in [0, 0.1) is 5.92 Å². The lowest BCUT2D eigenvalue weighted by Crippen LogP contribution is -2.35. The molecule has 1 saturated heterocycles. The van der Waals surface area contributed by atoms with Gasteiger partial charge in [0.15, 0.2) is 0 Å². The first-order valence-electron chi connectivity index (χ1n) is 4.06. The average Bonchev–Trinajstić information content (AvgIpc) is 2.05. The van der Waals surface area contributed by atoms with Gasteiger partial charge in [-0.3, -0.25) is 4.79 Å². The largest absolute Gasteiger partial charge is 0.349 e. The van der Waals surface area contributed by atoms with E-state index in [1.165, 1.54) is 0 Å². The molecule has 1 radical (unpaired) electrons. The van der Waals surface area contributed by atoms with Crippen molar-refractivity contribution in [3.63, 3.8) is 0 Å². The Hall–Kier alpha value is -0.570. The smallest absolute Gasteiger partial charge is 0.225 e. The van der Waals surface area contributed by atoms with Crippen LogP contribution in [0.2, 0.25) is 0 Å². The molecule has 1 heterocycles. The minimum atomic E-state index is 0.238. The van der Waals surface area contributed by atoms with E-state index in [0.717, 1.165) is 25.9 Å². The predicted octanol–water partition coefficient (Wildman–Crippen LogP) is 0.0890. The first-order valence-corrected chi connectivity index (χ1v) is 4.06. The van der Waals surface area contributed by atoms with E-state index in [9.17, 15) is 4.79 Å². The van der Waals surface area contributed by atoms with Gasteiger partial charge in [-0.25, -0.2) is 5.32 Å². The van der Waals surface area contributed by atoms with Gasteiger partial charge in [0.1, 0.15) is 0 Å². The zero-order chi connectivity index (χ0) is 8.27. The highest BCUT2D eigenvalue weighted by Gasteiger charge is 2.22. The van der Waals surface area contributed by atoms with Gasteiger partial charge < -0.3 is 4.90 Å². The predicted molar refractivity (Wildman–Crippen MR) is 43.3 cm³/mol. The zero-order valence-corrected chi connectivity index (χ0v) is 7.21. The molecule has 3 heteroatoms. The molecule has 0 N–H and O–H groups in total. The second kappa shape index (κ2) is 3.72. The Morgan fingerprint density at radius 3 is 2.36 bits per heavy atom. The molecule has 0 saturated carbocycles. The van der Waals surface area contributed by atoms with E-state index < -0.39 is 0 Å². The maximum Gasteiger partial charge on any atom is 0.225 e. The molecule has 1 aliphatic rings. The van der Waals surface area contributed by atoms with E-state index in [4.69, 9.17) is 0 Å². The number of nitrogens with zero attached hydrogens (tertiary/aromatic N) is 2. The van der Waals surface area contributed by atoms with Gasteiger partial charge in [-0.2, -0.15) is 0 Å². The third kappa shape index (κ3) is 2.19. The normalized spacial score (nSPS) is 19.8. The number of carbonyl (C=O) groups is 1. The number of piperidine rings is 1. The van der Waals surface area contributed by atoms with Crippen molar-refractivity contribution in [3.8, 4) is 0 Å². The molecule has 0 atom stereocenters. The van der Waals surface area contributed by atoms with Crippen LogP contribution >= 0.6 is 0 Å². The van der Waals surface area contributed by atoms with Crippen LogP contribution in [-0.4, -0.2) is 38.0 Å². The molecule has 1 amide bonds. The molecule has 1 fully saturated rings. The summed E-state index contributed by atoms with van der Waals surface area (Å²) in [5.41, 5.74) is 0. The molecule has 1 rings (SSSR count). The molecule has 0 unspecified atom stereocenters. The van der Waals surface area contributed by atoms with Gasteiger partial charge in [0.2, 0.25) is 5.91 Å². The fourth-order valence-corrected chi connectivity index (χ4v) is 1.36. The maximum absolute atomic E-state index is 11.4. The molecule has 0 spiro atoms. The van der Waals surface area contributed by atoms with Crippen molar-refractivity contribution in [2.24, 2.45) is 5.92 Å². The van der Waals surface area contributed by atoms with Crippen molar-refractivity contribution < 1.29 is 4.79 Å². The van der Waals surface area contributed by atoms with Crippen molar-refractivity contribution in [1.29, 1.82) is 0 Å². The third-order valence-corrected chi connectivity index (χ3v) is 2.06. The molecule has 63 valence electrons. The summed E-state index contributed by atoms with van der Waals surface area (Å²) in [6, 6.07) is 0. The van der Waals surface area contributed by atoms with Crippen molar-refractivity contribution in [1.82, 2.24) is 10.2 Å². The standard InChI is InChI=1S/C8H15N2O/c1-10(2)8(11)7-3-5-9-6-4-7/h7H,3-6H2,1-2H3. The zero-order valence-electron chi connectivity index (χ0n) is 7.21. The molecular weight excluding hydrogens is 140 g/mol. The second-order valence-corrected chi connectivity index (χ2v) is 3.18. The topological polar surface area (TPSA) is 34.4 Å². The molecular formula is C8H15N2O. The SMILES string of the molecule is CN(C)C(=O)C1CC[N]CC1. The quantitative estimate of drug-likeness (QED) is 0.528. The second-order valence-electron chi connectivity index (χ2n) is 3.18. The van der Waals surface area contributed by atoms with Crippen LogP contribution in [0.15, 0.2) is 0 Å². The van der Waals surface area contributed by atoms with E-state index in [-0.39, 0.29) is 11.8 Å². The first kappa shape index (κ1) is 8.53. The lowest BCUT2D eigenvalue weighted by atomic mass is 9.97. The minimum absolute atomic E-state index is 0.238.